The van der Waals surface area contributed by atoms with E-state index >= 15 is 0 Å². The fraction of sp³-hybridized carbons (Fsp3) is 0.308. The molecular formula is C13H14ClFO2. The highest BCUT2D eigenvalue weighted by Crippen LogP contribution is 2.26. The Balaban J connectivity index is 2.53. The molecule has 0 radical (unpaired) electrons. The van der Waals surface area contributed by atoms with E-state index in [1.54, 1.807) is 24.3 Å². The van der Waals surface area contributed by atoms with Crippen LogP contribution in [0.3, 0.4) is 0 Å². The van der Waals surface area contributed by atoms with Crippen LogP contribution >= 0.6 is 11.6 Å². The molecule has 0 heterocycles. The Morgan fingerprint density at radius 3 is 2.88 bits per heavy atom. The Bertz CT molecular complexity index is 418. The zero-order valence-electron chi connectivity index (χ0n) is 9.58. The molecule has 0 aliphatic rings. The minimum absolute atomic E-state index is 0.189. The van der Waals surface area contributed by atoms with Crippen LogP contribution in [0, 0.1) is 0 Å². The fourth-order valence-corrected chi connectivity index (χ4v) is 1.61. The summed E-state index contributed by atoms with van der Waals surface area (Å²) in [5.41, 5.74) is 0.785. The van der Waals surface area contributed by atoms with Crippen molar-refractivity contribution in [1.29, 1.82) is 0 Å². The van der Waals surface area contributed by atoms with E-state index in [9.17, 15) is 9.18 Å². The number of hydrogen-bond acceptors (Lipinski definition) is 2. The largest absolute Gasteiger partial charge is 0.466 e. The van der Waals surface area contributed by atoms with Crippen molar-refractivity contribution >= 4 is 17.6 Å². The lowest BCUT2D eigenvalue weighted by Gasteiger charge is -2.09. The Labute approximate surface area is 105 Å². The van der Waals surface area contributed by atoms with Crippen LogP contribution in [0.2, 0.25) is 5.02 Å². The van der Waals surface area contributed by atoms with Crippen LogP contribution < -0.4 is 0 Å². The number of rotatable bonds is 5. The monoisotopic (exact) mass is 256 g/mol. The molecule has 0 saturated carbocycles. The highest BCUT2D eigenvalue weighted by atomic mass is 35.5. The maximum absolute atomic E-state index is 13.8. The van der Waals surface area contributed by atoms with E-state index in [-0.39, 0.29) is 18.4 Å². The van der Waals surface area contributed by atoms with E-state index in [1.807, 2.05) is 0 Å². The van der Waals surface area contributed by atoms with Crippen LogP contribution in [0.4, 0.5) is 4.39 Å². The van der Waals surface area contributed by atoms with Gasteiger partial charge in [-0.25, -0.2) is 9.18 Å². The second-order valence-electron chi connectivity index (χ2n) is 3.66. The SMILES string of the molecule is C=C(CCC(F)c1cccc(Cl)c1)C(=O)OC. The Morgan fingerprint density at radius 1 is 1.59 bits per heavy atom. The summed E-state index contributed by atoms with van der Waals surface area (Å²) in [6.45, 7) is 3.54. The molecule has 1 aromatic carbocycles. The predicted molar refractivity (Wildman–Crippen MR) is 65.7 cm³/mol. The lowest BCUT2D eigenvalue weighted by Crippen LogP contribution is -2.04. The van der Waals surface area contributed by atoms with Gasteiger partial charge in [-0.2, -0.15) is 0 Å². The van der Waals surface area contributed by atoms with Gasteiger partial charge < -0.3 is 4.74 Å². The third kappa shape index (κ3) is 4.19. The summed E-state index contributed by atoms with van der Waals surface area (Å²) >= 11 is 5.77. The highest BCUT2D eigenvalue weighted by Gasteiger charge is 2.13. The summed E-state index contributed by atoms with van der Waals surface area (Å²) in [5.74, 6) is -0.497. The van der Waals surface area contributed by atoms with Crippen molar-refractivity contribution in [3.05, 3.63) is 47.0 Å². The number of carbonyl (C=O) groups is 1. The van der Waals surface area contributed by atoms with Gasteiger partial charge >= 0.3 is 5.97 Å². The molecule has 1 rings (SSSR count). The number of benzene rings is 1. The first-order chi connectivity index (χ1) is 8.04. The normalized spacial score (nSPS) is 11.9. The van der Waals surface area contributed by atoms with E-state index in [2.05, 4.69) is 11.3 Å². The first-order valence-electron chi connectivity index (χ1n) is 5.20. The van der Waals surface area contributed by atoms with Crippen LogP contribution in [0.15, 0.2) is 36.4 Å². The van der Waals surface area contributed by atoms with Crippen LogP contribution in [-0.2, 0) is 9.53 Å². The molecule has 0 saturated heterocycles. The van der Waals surface area contributed by atoms with Gasteiger partial charge in [0.2, 0.25) is 0 Å². The van der Waals surface area contributed by atoms with E-state index < -0.39 is 12.1 Å². The topological polar surface area (TPSA) is 26.3 Å². The second-order valence-corrected chi connectivity index (χ2v) is 4.09. The summed E-state index contributed by atoms with van der Waals surface area (Å²) < 4.78 is 18.3. The van der Waals surface area contributed by atoms with Crippen LogP contribution in [0.1, 0.15) is 24.6 Å². The third-order valence-corrected chi connectivity index (χ3v) is 2.62. The molecule has 92 valence electrons. The average molecular weight is 257 g/mol. The zero-order chi connectivity index (χ0) is 12.8. The molecule has 1 aromatic rings. The summed E-state index contributed by atoms with van der Waals surface area (Å²) in [7, 11) is 1.28. The fourth-order valence-electron chi connectivity index (χ4n) is 1.42. The Morgan fingerprint density at radius 2 is 2.29 bits per heavy atom. The summed E-state index contributed by atoms with van der Waals surface area (Å²) in [5, 5.41) is 0.497. The second kappa shape index (κ2) is 6.40. The molecule has 0 spiro atoms. The third-order valence-electron chi connectivity index (χ3n) is 2.38. The molecule has 1 unspecified atom stereocenters. The smallest absolute Gasteiger partial charge is 0.333 e. The van der Waals surface area contributed by atoms with Gasteiger partial charge in [0.05, 0.1) is 7.11 Å². The summed E-state index contributed by atoms with van der Waals surface area (Å²) in [6, 6.07) is 6.62. The maximum atomic E-state index is 13.8. The van der Waals surface area contributed by atoms with E-state index in [0.717, 1.165) is 0 Å². The number of methoxy groups -OCH3 is 1. The van der Waals surface area contributed by atoms with E-state index in [4.69, 9.17) is 11.6 Å². The molecule has 0 fully saturated rings. The van der Waals surface area contributed by atoms with Gasteiger partial charge in [-0.05, 0) is 30.5 Å². The molecule has 0 N–H and O–H groups in total. The maximum Gasteiger partial charge on any atom is 0.333 e. The van der Waals surface area contributed by atoms with Gasteiger partial charge in [-0.15, -0.1) is 0 Å². The van der Waals surface area contributed by atoms with Crippen molar-refractivity contribution in [3.8, 4) is 0 Å². The number of hydrogen-bond donors (Lipinski definition) is 0. The molecule has 4 heteroatoms. The molecule has 0 amide bonds. The van der Waals surface area contributed by atoms with Crippen LogP contribution in [-0.4, -0.2) is 13.1 Å². The number of halogens is 2. The number of ether oxygens (including phenoxy) is 1. The Hall–Kier alpha value is -1.35. The first kappa shape index (κ1) is 13.7. The van der Waals surface area contributed by atoms with Gasteiger partial charge in [-0.1, -0.05) is 30.3 Å². The summed E-state index contributed by atoms with van der Waals surface area (Å²) in [4.78, 5) is 11.0. The minimum atomic E-state index is -1.16. The predicted octanol–water partition coefficient (Wildman–Crippen LogP) is 3.86. The van der Waals surface area contributed by atoms with Gasteiger partial charge in [0.15, 0.2) is 0 Å². The van der Waals surface area contributed by atoms with Gasteiger partial charge in [0, 0.05) is 10.6 Å². The average Bonchev–Trinajstić information content (AvgIpc) is 2.34. The lowest BCUT2D eigenvalue weighted by molar-refractivity contribution is -0.136. The van der Waals surface area contributed by atoms with E-state index in [0.29, 0.717) is 10.6 Å². The van der Waals surface area contributed by atoms with Gasteiger partial charge in [-0.3, -0.25) is 0 Å². The number of esters is 1. The minimum Gasteiger partial charge on any atom is -0.466 e. The van der Waals surface area contributed by atoms with Crippen molar-refractivity contribution in [3.63, 3.8) is 0 Å². The molecule has 17 heavy (non-hydrogen) atoms. The molecule has 0 aliphatic heterocycles. The molecular weight excluding hydrogens is 243 g/mol. The van der Waals surface area contributed by atoms with Crippen LogP contribution in [0.25, 0.3) is 0 Å². The molecule has 1 atom stereocenters. The molecule has 2 nitrogen and oxygen atoms in total. The first-order valence-corrected chi connectivity index (χ1v) is 5.58. The van der Waals surface area contributed by atoms with Gasteiger partial charge in [0.25, 0.3) is 0 Å². The Kier molecular flexibility index (Phi) is 5.16. The van der Waals surface area contributed by atoms with Crippen molar-refractivity contribution in [1.82, 2.24) is 0 Å². The van der Waals surface area contributed by atoms with Crippen molar-refractivity contribution in [2.45, 2.75) is 19.0 Å². The lowest BCUT2D eigenvalue weighted by atomic mass is 10.0. The van der Waals surface area contributed by atoms with Crippen molar-refractivity contribution < 1.29 is 13.9 Å². The zero-order valence-corrected chi connectivity index (χ0v) is 10.3. The van der Waals surface area contributed by atoms with Gasteiger partial charge in [0.1, 0.15) is 6.17 Å². The summed E-state index contributed by atoms with van der Waals surface area (Å²) in [6.07, 6.45) is -0.704. The van der Waals surface area contributed by atoms with Crippen LogP contribution in [0.5, 0.6) is 0 Å². The quantitative estimate of drug-likeness (QED) is 0.591. The number of alkyl halides is 1. The highest BCUT2D eigenvalue weighted by molar-refractivity contribution is 6.30. The van der Waals surface area contributed by atoms with Crippen molar-refractivity contribution in [2.75, 3.05) is 7.11 Å². The standard InChI is InChI=1S/C13H14ClFO2/c1-9(13(16)17-2)6-7-12(15)10-4-3-5-11(14)8-10/h3-5,8,12H,1,6-7H2,2H3. The molecule has 0 bridgehead atoms. The molecule has 0 aliphatic carbocycles. The van der Waals surface area contributed by atoms with Crippen molar-refractivity contribution in [2.24, 2.45) is 0 Å². The molecule has 0 aromatic heterocycles. The van der Waals surface area contributed by atoms with E-state index in [1.165, 1.54) is 7.11 Å². The number of carbonyl (C=O) groups excluding carboxylic acids is 1.